The van der Waals surface area contributed by atoms with Crippen LogP contribution in [0.1, 0.15) is 36.6 Å². The number of carbonyl (C=O) groups excluding carboxylic acids is 1. The van der Waals surface area contributed by atoms with Crippen LogP contribution in [0.5, 0.6) is 0 Å². The Morgan fingerprint density at radius 3 is 2.45 bits per heavy atom. The number of nitriles is 1. The number of benzene rings is 1. The summed E-state index contributed by atoms with van der Waals surface area (Å²) < 4.78 is 27.2. The highest BCUT2D eigenvalue weighted by molar-refractivity contribution is 5.82. The summed E-state index contributed by atoms with van der Waals surface area (Å²) >= 11 is 0. The summed E-state index contributed by atoms with van der Waals surface area (Å²) in [7, 11) is 0. The largest absolute Gasteiger partial charge is 0.355 e. The van der Waals surface area contributed by atoms with Gasteiger partial charge in [0, 0.05) is 37.7 Å². The number of piperidine rings is 1. The first-order valence-corrected chi connectivity index (χ1v) is 9.35. The highest BCUT2D eigenvalue weighted by Crippen LogP contribution is 2.33. The van der Waals surface area contributed by atoms with Gasteiger partial charge in [-0.2, -0.15) is 10.4 Å². The number of hydrogen-bond acceptors (Lipinski definition) is 6. The van der Waals surface area contributed by atoms with E-state index in [0.717, 1.165) is 6.07 Å². The van der Waals surface area contributed by atoms with Gasteiger partial charge in [0.1, 0.15) is 17.7 Å². The van der Waals surface area contributed by atoms with Crippen molar-refractivity contribution in [1.29, 1.82) is 5.26 Å². The number of carbonyl (C=O) groups is 1. The Morgan fingerprint density at radius 1 is 1.10 bits per heavy atom. The van der Waals surface area contributed by atoms with Gasteiger partial charge in [-0.3, -0.25) is 4.79 Å². The van der Waals surface area contributed by atoms with Crippen LogP contribution < -0.4 is 4.90 Å². The number of rotatable bonds is 3. The van der Waals surface area contributed by atoms with Gasteiger partial charge < -0.3 is 4.90 Å². The molecule has 0 spiro atoms. The predicted octanol–water partition coefficient (Wildman–Crippen LogP) is 2.80. The minimum atomic E-state index is -0.670. The molecule has 1 amide bonds. The number of nitrogens with zero attached hydrogens (tertiary/aromatic N) is 6. The molecular formula is C20H18F2N6O. The molecule has 0 N–H and O–H groups in total. The molecule has 29 heavy (non-hydrogen) atoms. The third-order valence-electron chi connectivity index (χ3n) is 5.26. The van der Waals surface area contributed by atoms with E-state index < -0.39 is 17.7 Å². The minimum Gasteiger partial charge on any atom is -0.355 e. The SMILES string of the molecule is N#Cc1ccc(N2CCC(C(=O)N3N=CC[C@H]3c3cc(F)cc(F)c3)CC2)nn1. The van der Waals surface area contributed by atoms with Crippen LogP contribution in [-0.4, -0.2) is 40.4 Å². The van der Waals surface area contributed by atoms with Gasteiger partial charge in [0.2, 0.25) is 5.91 Å². The van der Waals surface area contributed by atoms with Crippen molar-refractivity contribution in [2.45, 2.75) is 25.3 Å². The first kappa shape index (κ1) is 18.9. The minimum absolute atomic E-state index is 0.140. The summed E-state index contributed by atoms with van der Waals surface area (Å²) in [4.78, 5) is 15.0. The van der Waals surface area contributed by atoms with E-state index in [-0.39, 0.29) is 17.5 Å². The van der Waals surface area contributed by atoms with Gasteiger partial charge in [-0.25, -0.2) is 13.8 Å². The average molecular weight is 396 g/mol. The molecular weight excluding hydrogens is 378 g/mol. The lowest BCUT2D eigenvalue weighted by atomic mass is 9.94. The van der Waals surface area contributed by atoms with Crippen molar-refractivity contribution in [3.63, 3.8) is 0 Å². The summed E-state index contributed by atoms with van der Waals surface area (Å²) in [5.74, 6) is -1.04. The van der Waals surface area contributed by atoms with Crippen LogP contribution in [0.2, 0.25) is 0 Å². The third-order valence-corrected chi connectivity index (χ3v) is 5.26. The van der Waals surface area contributed by atoms with Crippen LogP contribution in [0.3, 0.4) is 0 Å². The molecule has 3 heterocycles. The average Bonchev–Trinajstić information content (AvgIpc) is 3.23. The second-order valence-corrected chi connectivity index (χ2v) is 7.09. The van der Waals surface area contributed by atoms with Crippen molar-refractivity contribution < 1.29 is 13.6 Å². The molecule has 0 radical (unpaired) electrons. The van der Waals surface area contributed by atoms with Crippen LogP contribution >= 0.6 is 0 Å². The van der Waals surface area contributed by atoms with E-state index in [2.05, 4.69) is 15.3 Å². The summed E-state index contributed by atoms with van der Waals surface area (Å²) in [6, 6.07) is 8.10. The Labute approximate surface area is 166 Å². The highest BCUT2D eigenvalue weighted by Gasteiger charge is 2.35. The Bertz CT molecular complexity index is 959. The quantitative estimate of drug-likeness (QED) is 0.796. The fourth-order valence-corrected chi connectivity index (χ4v) is 3.77. The Kier molecular flexibility index (Phi) is 5.16. The Morgan fingerprint density at radius 2 is 1.83 bits per heavy atom. The molecule has 148 valence electrons. The van der Waals surface area contributed by atoms with Crippen LogP contribution in [-0.2, 0) is 4.79 Å². The van der Waals surface area contributed by atoms with E-state index in [1.54, 1.807) is 18.3 Å². The van der Waals surface area contributed by atoms with Gasteiger partial charge in [-0.1, -0.05) is 0 Å². The van der Waals surface area contributed by atoms with Gasteiger partial charge in [0.15, 0.2) is 11.5 Å². The molecule has 7 nitrogen and oxygen atoms in total. The zero-order valence-electron chi connectivity index (χ0n) is 15.5. The molecule has 0 bridgehead atoms. The molecule has 2 aliphatic heterocycles. The summed E-state index contributed by atoms with van der Waals surface area (Å²) in [6.45, 7) is 1.24. The van der Waals surface area contributed by atoms with Crippen molar-refractivity contribution in [2.24, 2.45) is 11.0 Å². The smallest absolute Gasteiger partial charge is 0.246 e. The molecule has 2 aromatic rings. The maximum absolute atomic E-state index is 13.6. The molecule has 0 saturated carbocycles. The normalized spacial score (nSPS) is 19.4. The molecule has 1 saturated heterocycles. The number of anilines is 1. The molecule has 1 atom stereocenters. The third kappa shape index (κ3) is 3.92. The highest BCUT2D eigenvalue weighted by atomic mass is 19.1. The maximum Gasteiger partial charge on any atom is 0.246 e. The lowest BCUT2D eigenvalue weighted by molar-refractivity contribution is -0.138. The number of hydrogen-bond donors (Lipinski definition) is 0. The second-order valence-electron chi connectivity index (χ2n) is 7.09. The molecule has 2 aliphatic rings. The fourth-order valence-electron chi connectivity index (χ4n) is 3.77. The molecule has 4 rings (SSSR count). The van der Waals surface area contributed by atoms with E-state index in [4.69, 9.17) is 5.26 Å². The molecule has 1 aromatic heterocycles. The lowest BCUT2D eigenvalue weighted by Gasteiger charge is -2.34. The van der Waals surface area contributed by atoms with Gasteiger partial charge >= 0.3 is 0 Å². The van der Waals surface area contributed by atoms with Crippen LogP contribution in [0, 0.1) is 28.9 Å². The number of amides is 1. The van der Waals surface area contributed by atoms with Gasteiger partial charge in [-0.15, -0.1) is 10.2 Å². The fraction of sp³-hybridized carbons (Fsp3) is 0.350. The van der Waals surface area contributed by atoms with E-state index in [0.29, 0.717) is 43.7 Å². The molecule has 0 unspecified atom stereocenters. The van der Waals surface area contributed by atoms with Gasteiger partial charge in [0.25, 0.3) is 0 Å². The second kappa shape index (κ2) is 7.91. The summed E-state index contributed by atoms with van der Waals surface area (Å²) in [6.07, 6.45) is 3.24. The van der Waals surface area contributed by atoms with Crippen molar-refractivity contribution in [1.82, 2.24) is 15.2 Å². The van der Waals surface area contributed by atoms with Crippen LogP contribution in [0.25, 0.3) is 0 Å². The summed E-state index contributed by atoms with van der Waals surface area (Å²) in [5.41, 5.74) is 0.657. The predicted molar refractivity (Wildman–Crippen MR) is 101 cm³/mol. The molecule has 1 aromatic carbocycles. The first-order valence-electron chi connectivity index (χ1n) is 9.35. The number of halogens is 2. The Hall–Kier alpha value is -3.41. The first-order chi connectivity index (χ1) is 14.0. The van der Waals surface area contributed by atoms with Crippen molar-refractivity contribution >= 4 is 17.9 Å². The van der Waals surface area contributed by atoms with E-state index in [9.17, 15) is 13.6 Å². The number of hydrazone groups is 1. The van der Waals surface area contributed by atoms with Crippen LogP contribution in [0.15, 0.2) is 35.4 Å². The Balaban J connectivity index is 1.42. The molecule has 1 fully saturated rings. The molecule has 0 aliphatic carbocycles. The summed E-state index contributed by atoms with van der Waals surface area (Å²) in [5, 5.41) is 22.2. The number of aromatic nitrogens is 2. The van der Waals surface area contributed by atoms with Gasteiger partial charge in [0.05, 0.1) is 6.04 Å². The molecule has 9 heteroatoms. The zero-order chi connectivity index (χ0) is 20.4. The van der Waals surface area contributed by atoms with E-state index in [1.807, 2.05) is 11.0 Å². The van der Waals surface area contributed by atoms with E-state index >= 15 is 0 Å². The van der Waals surface area contributed by atoms with Crippen molar-refractivity contribution in [2.75, 3.05) is 18.0 Å². The standard InChI is InChI=1S/C20H18F2N6O/c21-15-9-14(10-16(22)11-15)18-3-6-24-28(18)20(29)13-4-7-27(8-5-13)19-2-1-17(12-23)25-26-19/h1-2,6,9-11,13,18H,3-5,7-8H2/t18-/m0/s1. The maximum atomic E-state index is 13.6. The monoisotopic (exact) mass is 396 g/mol. The lowest BCUT2D eigenvalue weighted by Crippen LogP contribution is -2.41. The van der Waals surface area contributed by atoms with Crippen molar-refractivity contribution in [3.05, 3.63) is 53.2 Å². The van der Waals surface area contributed by atoms with Crippen molar-refractivity contribution in [3.8, 4) is 6.07 Å². The topological polar surface area (TPSA) is 85.5 Å². The van der Waals surface area contributed by atoms with Gasteiger partial charge in [-0.05, 0) is 42.7 Å². The zero-order valence-corrected chi connectivity index (χ0v) is 15.5. The van der Waals surface area contributed by atoms with E-state index in [1.165, 1.54) is 17.1 Å². The van der Waals surface area contributed by atoms with Crippen LogP contribution in [0.4, 0.5) is 14.6 Å².